The number of ketones is 1. The van der Waals surface area contributed by atoms with E-state index in [0.717, 1.165) is 29.5 Å². The van der Waals surface area contributed by atoms with Gasteiger partial charge in [-0.2, -0.15) is 0 Å². The third kappa shape index (κ3) is 3.17. The predicted octanol–water partition coefficient (Wildman–Crippen LogP) is 3.48. The number of carbonyl (C=O) groups is 4. The predicted molar refractivity (Wildman–Crippen MR) is 121 cm³/mol. The van der Waals surface area contributed by atoms with Crippen LogP contribution in [0.3, 0.4) is 0 Å². The van der Waals surface area contributed by atoms with E-state index in [0.29, 0.717) is 16.8 Å². The van der Waals surface area contributed by atoms with Crippen LogP contribution in [0.1, 0.15) is 63.1 Å². The van der Waals surface area contributed by atoms with Crippen molar-refractivity contribution in [3.8, 4) is 0 Å². The first-order chi connectivity index (χ1) is 15.8. The molecule has 0 aromatic heterocycles. The van der Waals surface area contributed by atoms with Gasteiger partial charge in [-0.15, -0.1) is 0 Å². The number of benzene rings is 2. The zero-order chi connectivity index (χ0) is 23.5. The standard InChI is InChI=1S/C26H26N2O5/c1-15-12-17(3)20(13-16(15)2)22(29)14-33-25(32)26-11-10-23(30)28(26)21-7-5-4-6-19(21)24(31)27(26)18-8-9-18/h4-7,12-13,18H,8-11,14H2,1-3H3. The Labute approximate surface area is 192 Å². The van der Waals surface area contributed by atoms with Crippen molar-refractivity contribution < 1.29 is 23.9 Å². The number of rotatable bonds is 5. The molecule has 2 fully saturated rings. The molecule has 3 aliphatic rings. The lowest BCUT2D eigenvalue weighted by Crippen LogP contribution is -2.69. The summed E-state index contributed by atoms with van der Waals surface area (Å²) in [5, 5.41) is 0. The van der Waals surface area contributed by atoms with E-state index in [1.165, 1.54) is 9.80 Å². The zero-order valence-corrected chi connectivity index (χ0v) is 19.0. The highest BCUT2D eigenvalue weighted by Crippen LogP contribution is 2.49. The Morgan fingerprint density at radius 3 is 2.45 bits per heavy atom. The maximum atomic E-state index is 13.6. The fourth-order valence-corrected chi connectivity index (χ4v) is 5.10. The van der Waals surface area contributed by atoms with Crippen LogP contribution in [0.5, 0.6) is 0 Å². The van der Waals surface area contributed by atoms with Gasteiger partial charge in [0.05, 0.1) is 11.3 Å². The average molecular weight is 447 g/mol. The molecule has 0 radical (unpaired) electrons. The highest BCUT2D eigenvalue weighted by atomic mass is 16.5. The molecule has 1 unspecified atom stereocenters. The second-order valence-electron chi connectivity index (χ2n) is 9.22. The maximum Gasteiger partial charge on any atom is 0.354 e. The number of Topliss-reactive ketones (excluding diaryl/α,β-unsaturated/α-hetero) is 1. The summed E-state index contributed by atoms with van der Waals surface area (Å²) < 4.78 is 5.57. The van der Waals surface area contributed by atoms with Crippen LogP contribution in [0.4, 0.5) is 5.69 Å². The summed E-state index contributed by atoms with van der Waals surface area (Å²) in [7, 11) is 0. The fourth-order valence-electron chi connectivity index (χ4n) is 5.10. The second kappa shape index (κ2) is 7.54. The van der Waals surface area contributed by atoms with Gasteiger partial charge >= 0.3 is 5.97 Å². The number of nitrogens with zero attached hydrogens (tertiary/aromatic N) is 2. The molecule has 7 heteroatoms. The molecule has 170 valence electrons. The first-order valence-corrected chi connectivity index (χ1v) is 11.3. The highest BCUT2D eigenvalue weighted by molar-refractivity contribution is 6.16. The number of esters is 1. The number of hydrogen-bond donors (Lipinski definition) is 0. The molecular weight excluding hydrogens is 420 g/mol. The largest absolute Gasteiger partial charge is 0.454 e. The molecule has 1 saturated heterocycles. The third-order valence-electron chi connectivity index (χ3n) is 7.01. The zero-order valence-electron chi connectivity index (χ0n) is 19.0. The van der Waals surface area contributed by atoms with Gasteiger partial charge in [0.25, 0.3) is 5.91 Å². The van der Waals surface area contributed by atoms with Gasteiger partial charge in [0.2, 0.25) is 17.4 Å². The molecule has 33 heavy (non-hydrogen) atoms. The molecule has 1 saturated carbocycles. The molecule has 2 heterocycles. The summed E-state index contributed by atoms with van der Waals surface area (Å²) in [6.45, 7) is 5.31. The van der Waals surface area contributed by atoms with Crippen LogP contribution < -0.4 is 4.90 Å². The number of amides is 2. The molecule has 2 amide bonds. The Kier molecular flexibility index (Phi) is 4.88. The van der Waals surface area contributed by atoms with Gasteiger partial charge < -0.3 is 9.64 Å². The van der Waals surface area contributed by atoms with E-state index in [2.05, 4.69) is 0 Å². The van der Waals surface area contributed by atoms with E-state index >= 15 is 0 Å². The fraction of sp³-hybridized carbons (Fsp3) is 0.385. The van der Waals surface area contributed by atoms with E-state index in [1.54, 1.807) is 30.3 Å². The lowest BCUT2D eigenvalue weighted by atomic mass is 9.96. The minimum absolute atomic E-state index is 0.121. The van der Waals surface area contributed by atoms with Crippen molar-refractivity contribution in [3.05, 3.63) is 64.2 Å². The minimum Gasteiger partial charge on any atom is -0.454 e. The molecular formula is C26H26N2O5. The number of aryl methyl sites for hydroxylation is 3. The van der Waals surface area contributed by atoms with Crippen molar-refractivity contribution in [2.24, 2.45) is 0 Å². The van der Waals surface area contributed by atoms with Crippen molar-refractivity contribution in [1.29, 1.82) is 0 Å². The summed E-state index contributed by atoms with van der Waals surface area (Å²) in [6.07, 6.45) is 1.82. The summed E-state index contributed by atoms with van der Waals surface area (Å²) in [4.78, 5) is 55.9. The Bertz CT molecular complexity index is 1220. The quantitative estimate of drug-likeness (QED) is 0.519. The third-order valence-corrected chi connectivity index (χ3v) is 7.01. The van der Waals surface area contributed by atoms with E-state index in [4.69, 9.17) is 4.74 Å². The molecule has 0 spiro atoms. The lowest BCUT2D eigenvalue weighted by Gasteiger charge is -2.48. The number of para-hydroxylation sites is 1. The molecule has 2 aromatic rings. The van der Waals surface area contributed by atoms with Crippen LogP contribution in [0.15, 0.2) is 36.4 Å². The molecule has 2 aliphatic heterocycles. The van der Waals surface area contributed by atoms with Crippen LogP contribution in [0, 0.1) is 20.8 Å². The molecule has 0 bridgehead atoms. The van der Waals surface area contributed by atoms with E-state index < -0.39 is 18.2 Å². The van der Waals surface area contributed by atoms with Crippen molar-refractivity contribution in [1.82, 2.24) is 4.90 Å². The van der Waals surface area contributed by atoms with Gasteiger partial charge in [0.1, 0.15) is 0 Å². The van der Waals surface area contributed by atoms with Crippen LogP contribution in [0.2, 0.25) is 0 Å². The number of anilines is 1. The van der Waals surface area contributed by atoms with Gasteiger partial charge in [-0.3, -0.25) is 19.3 Å². The highest BCUT2D eigenvalue weighted by Gasteiger charge is 2.64. The van der Waals surface area contributed by atoms with Crippen molar-refractivity contribution in [2.45, 2.75) is 58.2 Å². The van der Waals surface area contributed by atoms with Gasteiger partial charge in [-0.05, 0) is 68.5 Å². The average Bonchev–Trinajstić information content (AvgIpc) is 3.56. The number of hydrogen-bond acceptors (Lipinski definition) is 5. The van der Waals surface area contributed by atoms with Crippen molar-refractivity contribution >= 4 is 29.3 Å². The number of carbonyl (C=O) groups excluding carboxylic acids is 4. The van der Waals surface area contributed by atoms with Gasteiger partial charge in [0.15, 0.2) is 6.61 Å². The Hall–Kier alpha value is -3.48. The van der Waals surface area contributed by atoms with Crippen LogP contribution in [0.25, 0.3) is 0 Å². The summed E-state index contributed by atoms with van der Waals surface area (Å²) in [6, 6.07) is 10.5. The van der Waals surface area contributed by atoms with Crippen LogP contribution in [-0.2, 0) is 14.3 Å². The lowest BCUT2D eigenvalue weighted by molar-refractivity contribution is -0.156. The number of ether oxygens (including phenoxy) is 1. The summed E-state index contributed by atoms with van der Waals surface area (Å²) in [5.41, 5.74) is 2.68. The van der Waals surface area contributed by atoms with Gasteiger partial charge in [0, 0.05) is 24.4 Å². The van der Waals surface area contributed by atoms with Gasteiger partial charge in [-0.25, -0.2) is 4.79 Å². The van der Waals surface area contributed by atoms with Crippen LogP contribution >= 0.6 is 0 Å². The second-order valence-corrected chi connectivity index (χ2v) is 9.22. The first-order valence-electron chi connectivity index (χ1n) is 11.3. The normalized spacial score (nSPS) is 21.7. The Morgan fingerprint density at radius 1 is 1.03 bits per heavy atom. The minimum atomic E-state index is -1.54. The van der Waals surface area contributed by atoms with E-state index in [-0.39, 0.29) is 36.5 Å². The molecule has 1 aliphatic carbocycles. The SMILES string of the molecule is Cc1cc(C)c(C(=O)COC(=O)C23CCC(=O)N2c2ccccc2C(=O)N3C2CC2)cc1C. The molecule has 7 nitrogen and oxygen atoms in total. The van der Waals surface area contributed by atoms with E-state index in [9.17, 15) is 19.2 Å². The maximum absolute atomic E-state index is 13.6. The Morgan fingerprint density at radius 2 is 1.73 bits per heavy atom. The first kappa shape index (κ1) is 21.4. The van der Waals surface area contributed by atoms with Crippen molar-refractivity contribution in [3.63, 3.8) is 0 Å². The monoisotopic (exact) mass is 446 g/mol. The summed E-state index contributed by atoms with van der Waals surface area (Å²) in [5.74, 6) is -1.53. The van der Waals surface area contributed by atoms with Crippen LogP contribution in [-0.4, -0.2) is 46.8 Å². The van der Waals surface area contributed by atoms with E-state index in [1.807, 2.05) is 26.8 Å². The van der Waals surface area contributed by atoms with Crippen molar-refractivity contribution in [2.75, 3.05) is 11.5 Å². The molecule has 0 N–H and O–H groups in total. The molecule has 1 atom stereocenters. The van der Waals surface area contributed by atoms with Gasteiger partial charge in [-0.1, -0.05) is 18.2 Å². The summed E-state index contributed by atoms with van der Waals surface area (Å²) >= 11 is 0. The molecule has 2 aromatic carbocycles. The topological polar surface area (TPSA) is 84.0 Å². The molecule has 5 rings (SSSR count). The Balaban J connectivity index is 1.48. The smallest absolute Gasteiger partial charge is 0.354 e. The number of fused-ring (bicyclic) bond motifs is 3.